The van der Waals surface area contributed by atoms with E-state index in [1.54, 1.807) is 0 Å². The lowest BCUT2D eigenvalue weighted by molar-refractivity contribution is -0.124. The minimum absolute atomic E-state index is 0.00807. The molecular formula is C13H16N2O6S. The molecule has 9 heteroatoms. The lowest BCUT2D eigenvalue weighted by Gasteiger charge is -2.23. The average molecular weight is 328 g/mol. The van der Waals surface area contributed by atoms with Crippen molar-refractivity contribution in [3.8, 4) is 5.75 Å². The van der Waals surface area contributed by atoms with Gasteiger partial charge in [-0.15, -0.1) is 0 Å². The van der Waals surface area contributed by atoms with Crippen LogP contribution in [0.1, 0.15) is 23.2 Å². The van der Waals surface area contributed by atoms with Gasteiger partial charge in [0, 0.05) is 6.54 Å². The molecule has 1 aliphatic heterocycles. The van der Waals surface area contributed by atoms with Crippen LogP contribution in [0.15, 0.2) is 23.1 Å². The third kappa shape index (κ3) is 3.37. The van der Waals surface area contributed by atoms with E-state index in [4.69, 9.17) is 9.84 Å². The maximum Gasteiger partial charge on any atom is 0.335 e. The van der Waals surface area contributed by atoms with Crippen LogP contribution in [0.2, 0.25) is 0 Å². The molecule has 1 aromatic carbocycles. The molecule has 0 aromatic heterocycles. The summed E-state index contributed by atoms with van der Waals surface area (Å²) in [6.45, 7) is 0.509. The van der Waals surface area contributed by atoms with Crippen molar-refractivity contribution in [2.24, 2.45) is 0 Å². The van der Waals surface area contributed by atoms with Gasteiger partial charge in [0.2, 0.25) is 15.9 Å². The number of ether oxygens (including phenoxy) is 1. The maximum absolute atomic E-state index is 12.4. The van der Waals surface area contributed by atoms with E-state index in [1.807, 2.05) is 0 Å². The fourth-order valence-corrected chi connectivity index (χ4v) is 3.58. The molecular weight excluding hydrogens is 312 g/mol. The van der Waals surface area contributed by atoms with Crippen molar-refractivity contribution in [3.05, 3.63) is 23.8 Å². The van der Waals surface area contributed by atoms with Crippen LogP contribution in [0, 0.1) is 0 Å². The van der Waals surface area contributed by atoms with Crippen LogP contribution in [-0.2, 0) is 14.8 Å². The summed E-state index contributed by atoms with van der Waals surface area (Å²) in [6.07, 6.45) is 1.04. The van der Waals surface area contributed by atoms with Crippen molar-refractivity contribution in [2.45, 2.75) is 23.8 Å². The van der Waals surface area contributed by atoms with Crippen LogP contribution in [0.5, 0.6) is 5.75 Å². The maximum atomic E-state index is 12.4. The monoisotopic (exact) mass is 328 g/mol. The molecule has 3 N–H and O–H groups in total. The Morgan fingerprint density at radius 1 is 1.45 bits per heavy atom. The molecule has 1 aromatic rings. The van der Waals surface area contributed by atoms with Crippen molar-refractivity contribution in [1.82, 2.24) is 10.0 Å². The minimum Gasteiger partial charge on any atom is -0.495 e. The Morgan fingerprint density at radius 2 is 2.18 bits per heavy atom. The summed E-state index contributed by atoms with van der Waals surface area (Å²) < 4.78 is 32.1. The minimum atomic E-state index is -4.09. The van der Waals surface area contributed by atoms with Gasteiger partial charge in [-0.2, -0.15) is 4.72 Å². The van der Waals surface area contributed by atoms with Crippen LogP contribution in [0.25, 0.3) is 0 Å². The molecule has 0 radical (unpaired) electrons. The summed E-state index contributed by atoms with van der Waals surface area (Å²) in [4.78, 5) is 22.4. The molecule has 120 valence electrons. The number of carboxylic acid groups (broad SMARTS) is 1. The molecule has 1 fully saturated rings. The SMILES string of the molecule is COc1ccc(C(=O)O)cc1S(=O)(=O)NC1CCCNC1=O. The van der Waals surface area contributed by atoms with E-state index in [9.17, 15) is 18.0 Å². The van der Waals surface area contributed by atoms with Crippen molar-refractivity contribution >= 4 is 21.9 Å². The molecule has 0 bridgehead atoms. The second-order valence-electron chi connectivity index (χ2n) is 4.78. The lowest BCUT2D eigenvalue weighted by atomic mass is 10.1. The second kappa shape index (κ2) is 6.32. The van der Waals surface area contributed by atoms with Crippen molar-refractivity contribution in [3.63, 3.8) is 0 Å². The number of hydrogen-bond donors (Lipinski definition) is 3. The van der Waals surface area contributed by atoms with E-state index in [2.05, 4.69) is 10.0 Å². The summed E-state index contributed by atoms with van der Waals surface area (Å²) >= 11 is 0. The number of carbonyl (C=O) groups is 2. The Kier molecular flexibility index (Phi) is 4.67. The number of sulfonamides is 1. The van der Waals surface area contributed by atoms with E-state index in [1.165, 1.54) is 19.2 Å². The topological polar surface area (TPSA) is 122 Å². The summed E-state index contributed by atoms with van der Waals surface area (Å²) in [5.74, 6) is -1.65. The van der Waals surface area contributed by atoms with Crippen LogP contribution >= 0.6 is 0 Å². The van der Waals surface area contributed by atoms with Crippen molar-refractivity contribution in [1.29, 1.82) is 0 Å². The van der Waals surface area contributed by atoms with Gasteiger partial charge in [-0.05, 0) is 31.0 Å². The smallest absolute Gasteiger partial charge is 0.335 e. The van der Waals surface area contributed by atoms with Gasteiger partial charge in [0.15, 0.2) is 0 Å². The summed E-state index contributed by atoms with van der Waals surface area (Å²) in [5, 5.41) is 11.6. The molecule has 1 atom stereocenters. The fourth-order valence-electron chi connectivity index (χ4n) is 2.16. The first-order valence-corrected chi connectivity index (χ1v) is 8.05. The molecule has 1 saturated heterocycles. The molecule has 0 saturated carbocycles. The third-order valence-corrected chi connectivity index (χ3v) is 4.78. The summed E-state index contributed by atoms with van der Waals surface area (Å²) in [7, 11) is -2.81. The lowest BCUT2D eigenvalue weighted by Crippen LogP contribution is -2.50. The second-order valence-corrected chi connectivity index (χ2v) is 6.46. The Bertz CT molecular complexity index is 700. The quantitative estimate of drug-likeness (QED) is 0.697. The molecule has 1 aliphatic rings. The zero-order chi connectivity index (χ0) is 16.3. The molecule has 1 amide bonds. The number of benzene rings is 1. The van der Waals surface area contributed by atoms with Crippen molar-refractivity contribution < 1.29 is 27.9 Å². The number of nitrogens with one attached hydrogen (secondary N) is 2. The molecule has 22 heavy (non-hydrogen) atoms. The van der Waals surface area contributed by atoms with E-state index < -0.39 is 27.9 Å². The first-order chi connectivity index (χ1) is 10.3. The highest BCUT2D eigenvalue weighted by Crippen LogP contribution is 2.25. The zero-order valence-corrected chi connectivity index (χ0v) is 12.6. The van der Waals surface area contributed by atoms with Gasteiger partial charge < -0.3 is 15.2 Å². The van der Waals surface area contributed by atoms with E-state index in [0.717, 1.165) is 6.07 Å². The third-order valence-electron chi connectivity index (χ3n) is 3.28. The number of aromatic carboxylic acids is 1. The van der Waals surface area contributed by atoms with Gasteiger partial charge in [0.25, 0.3) is 0 Å². The van der Waals surface area contributed by atoms with Crippen LogP contribution in [-0.4, -0.2) is 45.1 Å². The first-order valence-electron chi connectivity index (χ1n) is 6.56. The molecule has 0 spiro atoms. The summed E-state index contributed by atoms with van der Waals surface area (Å²) in [5.41, 5.74) is -0.186. The molecule has 1 heterocycles. The van der Waals surface area contributed by atoms with Gasteiger partial charge in [-0.25, -0.2) is 13.2 Å². The average Bonchev–Trinajstić information content (AvgIpc) is 2.48. The Labute approximate surface area is 127 Å². The van der Waals surface area contributed by atoms with E-state index >= 15 is 0 Å². The van der Waals surface area contributed by atoms with Gasteiger partial charge in [-0.1, -0.05) is 0 Å². The molecule has 0 aliphatic carbocycles. The zero-order valence-electron chi connectivity index (χ0n) is 11.8. The van der Waals surface area contributed by atoms with Gasteiger partial charge in [-0.3, -0.25) is 4.79 Å². The van der Waals surface area contributed by atoms with Gasteiger partial charge >= 0.3 is 5.97 Å². The summed E-state index contributed by atoms with van der Waals surface area (Å²) in [6, 6.07) is 2.63. The first kappa shape index (κ1) is 16.2. The number of methoxy groups -OCH3 is 1. The number of hydrogen-bond acceptors (Lipinski definition) is 5. The Morgan fingerprint density at radius 3 is 2.77 bits per heavy atom. The number of carboxylic acids is 1. The number of carbonyl (C=O) groups excluding carboxylic acids is 1. The Hall–Kier alpha value is -2.13. The van der Waals surface area contributed by atoms with Gasteiger partial charge in [0.05, 0.1) is 12.7 Å². The highest BCUT2D eigenvalue weighted by molar-refractivity contribution is 7.89. The Balaban J connectivity index is 2.37. The molecule has 1 unspecified atom stereocenters. The highest BCUT2D eigenvalue weighted by Gasteiger charge is 2.30. The van der Waals surface area contributed by atoms with Crippen LogP contribution in [0.3, 0.4) is 0 Å². The van der Waals surface area contributed by atoms with Gasteiger partial charge in [0.1, 0.15) is 16.7 Å². The standard InChI is InChI=1S/C13H16N2O6S/c1-21-10-5-4-8(13(17)18)7-11(10)22(19,20)15-9-3-2-6-14-12(9)16/h4-5,7,9,15H,2-3,6H2,1H3,(H,14,16)(H,17,18). The van der Waals surface area contributed by atoms with E-state index in [0.29, 0.717) is 19.4 Å². The van der Waals surface area contributed by atoms with Crippen LogP contribution < -0.4 is 14.8 Å². The fraction of sp³-hybridized carbons (Fsp3) is 0.385. The van der Waals surface area contributed by atoms with E-state index in [-0.39, 0.29) is 16.2 Å². The number of rotatable bonds is 5. The van der Waals surface area contributed by atoms with Crippen molar-refractivity contribution in [2.75, 3.05) is 13.7 Å². The predicted octanol–water partition coefficient (Wildman–Crippen LogP) is -0.0497. The van der Waals surface area contributed by atoms with Crippen LogP contribution in [0.4, 0.5) is 0 Å². The number of piperidine rings is 1. The highest BCUT2D eigenvalue weighted by atomic mass is 32.2. The predicted molar refractivity (Wildman–Crippen MR) is 76.3 cm³/mol. The molecule has 2 rings (SSSR count). The largest absolute Gasteiger partial charge is 0.495 e. The molecule has 8 nitrogen and oxygen atoms in total. The number of amides is 1. The normalized spacial score (nSPS) is 18.6.